The van der Waals surface area contributed by atoms with Crippen molar-refractivity contribution >= 4 is 11.9 Å². The third-order valence-electron chi connectivity index (χ3n) is 4.66. The highest BCUT2D eigenvalue weighted by atomic mass is 17.2. The lowest BCUT2D eigenvalue weighted by atomic mass is 9.72. The topological polar surface area (TPSA) is 85.3 Å². The van der Waals surface area contributed by atoms with E-state index >= 15 is 0 Å². The molecule has 3 rings (SSSR count). The highest BCUT2D eigenvalue weighted by Gasteiger charge is 2.74. The number of hydrogen-bond donors (Lipinski definition) is 1. The first kappa shape index (κ1) is 17.8. The van der Waals surface area contributed by atoms with Crippen LogP contribution in [0.2, 0.25) is 0 Å². The zero-order chi connectivity index (χ0) is 18.3. The monoisotopic (exact) mass is 349 g/mol. The molecular formula is C18H23NO6. The van der Waals surface area contributed by atoms with Gasteiger partial charge < -0.3 is 14.7 Å². The average Bonchev–Trinajstić information content (AvgIpc) is 2.77. The molecule has 1 N–H and O–H groups in total. The minimum atomic E-state index is -2.08. The normalized spacial score (nSPS) is 30.9. The molecule has 2 aliphatic heterocycles. The van der Waals surface area contributed by atoms with E-state index in [1.54, 1.807) is 20.8 Å². The van der Waals surface area contributed by atoms with E-state index < -0.39 is 28.7 Å². The maximum atomic E-state index is 13.2. The summed E-state index contributed by atoms with van der Waals surface area (Å²) in [6, 6.07) is 9.35. The number of esters is 1. The van der Waals surface area contributed by atoms with Crippen molar-refractivity contribution in [3.63, 3.8) is 0 Å². The van der Waals surface area contributed by atoms with Crippen molar-refractivity contribution in [2.75, 3.05) is 13.2 Å². The number of nitrogens with zero attached hydrogens (tertiary/aromatic N) is 1. The van der Waals surface area contributed by atoms with Gasteiger partial charge in [0, 0.05) is 13.0 Å². The molecule has 0 aliphatic carbocycles. The van der Waals surface area contributed by atoms with Gasteiger partial charge in [0.15, 0.2) is 0 Å². The Balaban J connectivity index is 1.98. The molecule has 2 unspecified atom stereocenters. The smallest absolute Gasteiger partial charge is 0.327 e. The summed E-state index contributed by atoms with van der Waals surface area (Å²) in [5.74, 6) is -3.37. The molecular weight excluding hydrogens is 326 g/mol. The molecule has 136 valence electrons. The second kappa shape index (κ2) is 6.09. The molecule has 2 aliphatic rings. The van der Waals surface area contributed by atoms with Crippen molar-refractivity contribution in [3.05, 3.63) is 35.9 Å². The number of aliphatic hydroxyl groups is 1. The van der Waals surface area contributed by atoms with Gasteiger partial charge in [-0.25, -0.2) is 4.89 Å². The van der Waals surface area contributed by atoms with Gasteiger partial charge >= 0.3 is 5.97 Å². The van der Waals surface area contributed by atoms with Gasteiger partial charge in [0.2, 0.25) is 17.1 Å². The summed E-state index contributed by atoms with van der Waals surface area (Å²) in [5, 5.41) is 11.0. The highest BCUT2D eigenvalue weighted by Crippen LogP contribution is 2.52. The predicted octanol–water partition coefficient (Wildman–Crippen LogP) is 1.40. The molecule has 1 aromatic carbocycles. The number of rotatable bonds is 4. The minimum Gasteiger partial charge on any atom is -0.465 e. The van der Waals surface area contributed by atoms with Crippen LogP contribution >= 0.6 is 0 Å². The summed E-state index contributed by atoms with van der Waals surface area (Å²) in [7, 11) is 0. The van der Waals surface area contributed by atoms with Crippen LogP contribution in [0.3, 0.4) is 0 Å². The fourth-order valence-electron chi connectivity index (χ4n) is 3.57. The fourth-order valence-corrected chi connectivity index (χ4v) is 3.57. The van der Waals surface area contributed by atoms with Gasteiger partial charge in [0.25, 0.3) is 0 Å². The van der Waals surface area contributed by atoms with Gasteiger partial charge in [0.05, 0.1) is 18.8 Å². The van der Waals surface area contributed by atoms with E-state index in [-0.39, 0.29) is 26.1 Å². The summed E-state index contributed by atoms with van der Waals surface area (Å²) < 4.78 is 5.13. The number of hydrogen-bond acceptors (Lipinski definition) is 6. The van der Waals surface area contributed by atoms with E-state index in [0.29, 0.717) is 0 Å². The molecule has 1 aromatic rings. The highest BCUT2D eigenvalue weighted by molar-refractivity contribution is 6.06. The molecule has 2 fully saturated rings. The van der Waals surface area contributed by atoms with Crippen molar-refractivity contribution in [1.82, 2.24) is 4.90 Å². The molecule has 2 heterocycles. The first-order valence-electron chi connectivity index (χ1n) is 8.34. The Kier molecular flexibility index (Phi) is 4.35. The van der Waals surface area contributed by atoms with E-state index in [2.05, 4.69) is 0 Å². The van der Waals surface area contributed by atoms with Gasteiger partial charge in [-0.15, -0.1) is 0 Å². The van der Waals surface area contributed by atoms with Crippen molar-refractivity contribution in [1.29, 1.82) is 0 Å². The van der Waals surface area contributed by atoms with Gasteiger partial charge in [-0.2, -0.15) is 4.89 Å². The van der Waals surface area contributed by atoms with Gasteiger partial charge in [-0.05, 0) is 26.3 Å². The third kappa shape index (κ3) is 2.82. The molecule has 0 bridgehead atoms. The number of fused-ring (bicyclic) bond motifs is 1. The maximum absolute atomic E-state index is 13.2. The lowest BCUT2D eigenvalue weighted by molar-refractivity contribution is -0.495. The number of benzene rings is 1. The van der Waals surface area contributed by atoms with Crippen LogP contribution in [0.5, 0.6) is 0 Å². The van der Waals surface area contributed by atoms with Crippen molar-refractivity contribution in [2.45, 2.75) is 45.1 Å². The number of β-amino-alcohol motifs (C(OH)–C–C–N with tert-alkyl or cyclic N) is 1. The van der Waals surface area contributed by atoms with E-state index in [9.17, 15) is 14.7 Å². The number of amides is 1. The summed E-state index contributed by atoms with van der Waals surface area (Å²) >= 11 is 0. The first-order valence-corrected chi connectivity index (χ1v) is 8.34. The predicted molar refractivity (Wildman–Crippen MR) is 86.7 cm³/mol. The second-order valence-electron chi connectivity index (χ2n) is 7.16. The third-order valence-corrected chi connectivity index (χ3v) is 4.66. The van der Waals surface area contributed by atoms with Crippen LogP contribution < -0.4 is 0 Å². The lowest BCUT2D eigenvalue weighted by Gasteiger charge is -2.45. The largest absolute Gasteiger partial charge is 0.465 e. The zero-order valence-electron chi connectivity index (χ0n) is 14.7. The summed E-state index contributed by atoms with van der Waals surface area (Å²) in [6.45, 7) is 5.23. The molecule has 7 heteroatoms. The summed E-state index contributed by atoms with van der Waals surface area (Å²) in [5.41, 5.74) is -1.87. The Bertz CT molecular complexity index is 675. The Morgan fingerprint density at radius 1 is 1.28 bits per heavy atom. The van der Waals surface area contributed by atoms with Crippen LogP contribution in [0.15, 0.2) is 30.3 Å². The molecule has 0 saturated carbocycles. The second-order valence-corrected chi connectivity index (χ2v) is 7.16. The molecule has 2 saturated heterocycles. The molecule has 1 amide bonds. The first-order chi connectivity index (χ1) is 11.7. The summed E-state index contributed by atoms with van der Waals surface area (Å²) in [4.78, 5) is 37.8. The van der Waals surface area contributed by atoms with Crippen LogP contribution in [0, 0.1) is 5.41 Å². The van der Waals surface area contributed by atoms with Crippen molar-refractivity contribution in [2.24, 2.45) is 5.41 Å². The van der Waals surface area contributed by atoms with E-state index in [4.69, 9.17) is 14.5 Å². The van der Waals surface area contributed by atoms with Crippen molar-refractivity contribution in [3.8, 4) is 0 Å². The van der Waals surface area contributed by atoms with Crippen LogP contribution in [0.25, 0.3) is 0 Å². The van der Waals surface area contributed by atoms with Crippen LogP contribution in [-0.4, -0.2) is 46.4 Å². The van der Waals surface area contributed by atoms with E-state index in [1.165, 1.54) is 4.90 Å². The van der Waals surface area contributed by atoms with Crippen LogP contribution in [0.4, 0.5) is 0 Å². The summed E-state index contributed by atoms with van der Waals surface area (Å²) in [6.07, 6.45) is -0.0283. The standard InChI is InChI=1S/C18H23NO6/c1-4-23-15(21)17-11-16(2,3)24-25-18(17,22)12-19(14(17)20)10-13-8-6-5-7-9-13/h5-9,22H,4,10-12H2,1-3H3. The molecule has 0 spiro atoms. The minimum absolute atomic E-state index is 0.0283. The molecule has 0 aromatic heterocycles. The van der Waals surface area contributed by atoms with Crippen LogP contribution in [-0.2, 0) is 30.6 Å². The zero-order valence-corrected chi connectivity index (χ0v) is 14.7. The number of carbonyl (C=O) groups is 2. The van der Waals surface area contributed by atoms with Gasteiger partial charge in [0.1, 0.15) is 0 Å². The molecule has 2 atom stereocenters. The van der Waals surface area contributed by atoms with Gasteiger partial charge in [-0.3, -0.25) is 9.59 Å². The Hall–Kier alpha value is -1.96. The average molecular weight is 349 g/mol. The molecule has 0 radical (unpaired) electrons. The maximum Gasteiger partial charge on any atom is 0.327 e. The Morgan fingerprint density at radius 3 is 2.60 bits per heavy atom. The Morgan fingerprint density at radius 2 is 1.96 bits per heavy atom. The number of likely N-dealkylation sites (tertiary alicyclic amines) is 1. The van der Waals surface area contributed by atoms with E-state index in [0.717, 1.165) is 5.56 Å². The molecule has 25 heavy (non-hydrogen) atoms. The number of ether oxygens (including phenoxy) is 1. The van der Waals surface area contributed by atoms with Crippen LogP contribution in [0.1, 0.15) is 32.8 Å². The molecule has 7 nitrogen and oxygen atoms in total. The lowest BCUT2D eigenvalue weighted by Crippen LogP contribution is -2.63. The van der Waals surface area contributed by atoms with E-state index in [1.807, 2.05) is 30.3 Å². The number of carbonyl (C=O) groups excluding carboxylic acids is 2. The van der Waals surface area contributed by atoms with Crippen molar-refractivity contribution < 1.29 is 29.2 Å². The Labute approximate surface area is 146 Å². The SMILES string of the molecule is CCOC(=O)C12CC(C)(C)OOC1(O)CN(Cc1ccccc1)C2=O. The van der Waals surface area contributed by atoms with Gasteiger partial charge in [-0.1, -0.05) is 30.3 Å². The quantitative estimate of drug-likeness (QED) is 0.502. The fraction of sp³-hybridized carbons (Fsp3) is 0.556.